The van der Waals surface area contributed by atoms with Crippen LogP contribution in [-0.4, -0.2) is 12.0 Å². The van der Waals surface area contributed by atoms with Crippen LogP contribution in [-0.2, 0) is 6.18 Å². The third-order valence-electron chi connectivity index (χ3n) is 1.29. The van der Waals surface area contributed by atoms with E-state index in [0.717, 1.165) is 6.07 Å². The Hall–Kier alpha value is -1.26. The molecule has 2 nitrogen and oxygen atoms in total. The highest BCUT2D eigenvalue weighted by Crippen LogP contribution is 2.32. The number of rotatable bonds is 1. The van der Waals surface area contributed by atoms with Crippen molar-refractivity contribution in [1.29, 1.82) is 0 Å². The van der Waals surface area contributed by atoms with Crippen LogP contribution in [0, 0.1) is 6.07 Å². The van der Waals surface area contributed by atoms with Crippen LogP contribution in [0.3, 0.4) is 0 Å². The van der Waals surface area contributed by atoms with Crippen LogP contribution in [0.2, 0.25) is 0 Å². The van der Waals surface area contributed by atoms with E-state index >= 15 is 0 Å². The fourth-order valence-corrected chi connectivity index (χ4v) is 0.776. The fourth-order valence-electron chi connectivity index (χ4n) is 0.776. The zero-order valence-corrected chi connectivity index (χ0v) is 6.24. The topological polar surface area (TPSA) is 24.9 Å². The average Bonchev–Trinajstić information content (AvgIpc) is 2.03. The van der Waals surface area contributed by atoms with Gasteiger partial charge in [-0.05, 0) is 6.07 Å². The van der Waals surface area contributed by atoms with Crippen LogP contribution in [0.25, 0.3) is 0 Å². The molecule has 0 spiro atoms. The number of hydrogen-bond donors (Lipinski definition) is 1. The van der Waals surface area contributed by atoms with E-state index in [1.54, 1.807) is 0 Å². The van der Waals surface area contributed by atoms with E-state index in [2.05, 4.69) is 16.4 Å². The number of alkyl halides is 3. The molecule has 1 N–H and O–H groups in total. The quantitative estimate of drug-likeness (QED) is 0.705. The van der Waals surface area contributed by atoms with Gasteiger partial charge in [0.1, 0.15) is 5.82 Å². The van der Waals surface area contributed by atoms with Crippen molar-refractivity contribution in [3.05, 3.63) is 23.9 Å². The van der Waals surface area contributed by atoms with Crippen molar-refractivity contribution in [2.75, 3.05) is 12.4 Å². The molecule has 0 bridgehead atoms. The van der Waals surface area contributed by atoms with E-state index in [0.29, 0.717) is 0 Å². The lowest BCUT2D eigenvalue weighted by Gasteiger charge is -2.09. The summed E-state index contributed by atoms with van der Waals surface area (Å²) in [7, 11) is 1.39. The van der Waals surface area contributed by atoms with E-state index < -0.39 is 11.7 Å². The Morgan fingerprint density at radius 2 is 2.17 bits per heavy atom. The van der Waals surface area contributed by atoms with Gasteiger partial charge < -0.3 is 5.32 Å². The van der Waals surface area contributed by atoms with Crippen molar-refractivity contribution >= 4 is 5.82 Å². The molecule has 1 aromatic heterocycles. The Morgan fingerprint density at radius 3 is 2.58 bits per heavy atom. The van der Waals surface area contributed by atoms with Crippen LogP contribution in [0.15, 0.2) is 12.3 Å². The average molecular weight is 175 g/mol. The highest BCUT2D eigenvalue weighted by molar-refractivity contribution is 5.44. The Morgan fingerprint density at radius 1 is 1.50 bits per heavy atom. The van der Waals surface area contributed by atoms with Crippen LogP contribution in [0.4, 0.5) is 19.0 Å². The Bertz CT molecular complexity index is 270. The molecule has 12 heavy (non-hydrogen) atoms. The zero-order valence-electron chi connectivity index (χ0n) is 6.24. The van der Waals surface area contributed by atoms with Gasteiger partial charge in [-0.25, -0.2) is 4.98 Å². The summed E-state index contributed by atoms with van der Waals surface area (Å²) in [5.41, 5.74) is -0.799. The summed E-state index contributed by atoms with van der Waals surface area (Å²) in [4.78, 5) is 3.48. The highest BCUT2D eigenvalue weighted by atomic mass is 19.4. The zero-order chi connectivity index (χ0) is 9.19. The molecule has 0 amide bonds. The van der Waals surface area contributed by atoms with Gasteiger partial charge in [-0.2, -0.15) is 13.2 Å². The number of halogens is 3. The second-order valence-electron chi connectivity index (χ2n) is 2.08. The normalized spacial score (nSPS) is 11.3. The minimum Gasteiger partial charge on any atom is -0.373 e. The molecule has 0 aliphatic rings. The van der Waals surface area contributed by atoms with Gasteiger partial charge in [-0.3, -0.25) is 0 Å². The number of pyridine rings is 1. The molecule has 65 valence electrons. The highest BCUT2D eigenvalue weighted by Gasteiger charge is 2.33. The molecule has 0 aliphatic carbocycles. The third-order valence-corrected chi connectivity index (χ3v) is 1.29. The number of anilines is 1. The maximum Gasteiger partial charge on any atom is 0.419 e. The van der Waals surface area contributed by atoms with Crippen molar-refractivity contribution in [2.24, 2.45) is 0 Å². The van der Waals surface area contributed by atoms with E-state index in [-0.39, 0.29) is 5.82 Å². The predicted octanol–water partition coefficient (Wildman–Crippen LogP) is 1.94. The van der Waals surface area contributed by atoms with Crippen molar-refractivity contribution < 1.29 is 13.2 Å². The molecule has 0 atom stereocenters. The van der Waals surface area contributed by atoms with E-state index in [1.165, 1.54) is 13.2 Å². The van der Waals surface area contributed by atoms with Crippen molar-refractivity contribution in [2.45, 2.75) is 6.18 Å². The molecule has 1 rings (SSSR count). The maximum absolute atomic E-state index is 12.1. The summed E-state index contributed by atoms with van der Waals surface area (Å²) in [6, 6.07) is 3.13. The second-order valence-corrected chi connectivity index (χ2v) is 2.08. The number of aromatic nitrogens is 1. The summed E-state index contributed by atoms with van der Waals surface area (Å²) in [5, 5.41) is 2.35. The van der Waals surface area contributed by atoms with Gasteiger partial charge in [0.2, 0.25) is 0 Å². The minimum atomic E-state index is -4.37. The maximum atomic E-state index is 12.1. The summed E-state index contributed by atoms with van der Waals surface area (Å²) in [6.07, 6.45) is -3.19. The molecule has 0 aliphatic heterocycles. The molecule has 1 aromatic rings. The SMILES string of the molecule is CNc1nc[c]cc1C(F)(F)F. The molecular formula is C7H6F3N2. The summed E-state index contributed by atoms with van der Waals surface area (Å²) in [5.74, 6) is -0.179. The van der Waals surface area contributed by atoms with Gasteiger partial charge in [0.05, 0.1) is 5.56 Å². The van der Waals surface area contributed by atoms with Crippen LogP contribution in [0.1, 0.15) is 5.56 Å². The molecular weight excluding hydrogens is 169 g/mol. The van der Waals surface area contributed by atoms with E-state index in [1.807, 2.05) is 0 Å². The molecule has 0 unspecified atom stereocenters. The summed E-state index contributed by atoms with van der Waals surface area (Å²) >= 11 is 0. The molecule has 0 fully saturated rings. The number of nitrogens with zero attached hydrogens (tertiary/aromatic N) is 1. The first kappa shape index (κ1) is 8.83. The summed E-state index contributed by atoms with van der Waals surface area (Å²) in [6.45, 7) is 0. The van der Waals surface area contributed by atoms with Gasteiger partial charge in [0, 0.05) is 19.3 Å². The van der Waals surface area contributed by atoms with Crippen molar-refractivity contribution in [3.63, 3.8) is 0 Å². The van der Waals surface area contributed by atoms with Crippen LogP contribution in [0.5, 0.6) is 0 Å². The lowest BCUT2D eigenvalue weighted by Crippen LogP contribution is -2.09. The van der Waals surface area contributed by atoms with Crippen LogP contribution >= 0.6 is 0 Å². The monoisotopic (exact) mass is 175 g/mol. The van der Waals surface area contributed by atoms with E-state index in [9.17, 15) is 13.2 Å². The largest absolute Gasteiger partial charge is 0.419 e. The number of nitrogens with one attached hydrogen (secondary N) is 1. The van der Waals surface area contributed by atoms with Crippen molar-refractivity contribution in [1.82, 2.24) is 4.98 Å². The van der Waals surface area contributed by atoms with E-state index in [4.69, 9.17) is 0 Å². The smallest absolute Gasteiger partial charge is 0.373 e. The lowest BCUT2D eigenvalue weighted by molar-refractivity contribution is -0.137. The predicted molar refractivity (Wildman–Crippen MR) is 37.6 cm³/mol. The Balaban J connectivity index is 3.14. The minimum absolute atomic E-state index is 0.179. The molecule has 0 saturated heterocycles. The van der Waals surface area contributed by atoms with Crippen molar-refractivity contribution in [3.8, 4) is 0 Å². The van der Waals surface area contributed by atoms with Gasteiger partial charge in [-0.1, -0.05) is 0 Å². The Labute approximate surface area is 67.4 Å². The lowest BCUT2D eigenvalue weighted by atomic mass is 10.2. The van der Waals surface area contributed by atoms with Gasteiger partial charge in [-0.15, -0.1) is 0 Å². The van der Waals surface area contributed by atoms with Gasteiger partial charge >= 0.3 is 6.18 Å². The van der Waals surface area contributed by atoms with Gasteiger partial charge in [0.15, 0.2) is 0 Å². The first-order valence-corrected chi connectivity index (χ1v) is 3.16. The summed E-state index contributed by atoms with van der Waals surface area (Å²) < 4.78 is 36.4. The Kier molecular flexibility index (Phi) is 2.21. The second kappa shape index (κ2) is 3.00. The third kappa shape index (κ3) is 1.66. The molecule has 5 heteroatoms. The standard InChI is InChI=1S/C7H6F3N2/c1-11-6-5(7(8,9)10)3-2-4-12-6/h3-4H,1H3,(H,11,12). The molecule has 0 aromatic carbocycles. The first-order valence-electron chi connectivity index (χ1n) is 3.16. The fraction of sp³-hybridized carbons (Fsp3) is 0.286. The molecule has 0 saturated carbocycles. The first-order chi connectivity index (χ1) is 5.55. The molecule has 1 heterocycles. The number of hydrogen-bond acceptors (Lipinski definition) is 2. The van der Waals surface area contributed by atoms with Gasteiger partial charge in [0.25, 0.3) is 0 Å². The van der Waals surface area contributed by atoms with Crippen LogP contribution < -0.4 is 5.32 Å². The molecule has 1 radical (unpaired) electrons.